The first-order valence-corrected chi connectivity index (χ1v) is 7.47. The number of aromatic nitrogens is 1. The summed E-state index contributed by atoms with van der Waals surface area (Å²) in [6.07, 6.45) is 1.31. The standard InChI is InChI=1S/C13H11ClN2O3S/c1-19-13(17)9-2-4-10(5-3-9)20(15,18)11-6-7-12(14)16-8-11/h2-8,15H,1H3. The van der Waals surface area contributed by atoms with Crippen LogP contribution in [0.4, 0.5) is 0 Å². The van der Waals surface area contributed by atoms with Crippen molar-refractivity contribution in [2.45, 2.75) is 9.79 Å². The maximum Gasteiger partial charge on any atom is 0.337 e. The molecule has 7 heteroatoms. The fraction of sp³-hybridized carbons (Fsp3) is 0.0769. The number of nitrogens with one attached hydrogen (secondary N) is 1. The highest BCUT2D eigenvalue weighted by atomic mass is 35.5. The first-order chi connectivity index (χ1) is 9.45. The second kappa shape index (κ2) is 5.60. The summed E-state index contributed by atoms with van der Waals surface area (Å²) in [6.45, 7) is 0. The van der Waals surface area contributed by atoms with Gasteiger partial charge in [-0.3, -0.25) is 0 Å². The number of nitrogens with zero attached hydrogens (tertiary/aromatic N) is 1. The lowest BCUT2D eigenvalue weighted by molar-refractivity contribution is 0.0600. The van der Waals surface area contributed by atoms with Crippen LogP contribution in [0.1, 0.15) is 10.4 Å². The van der Waals surface area contributed by atoms with E-state index in [1.807, 2.05) is 0 Å². The van der Waals surface area contributed by atoms with E-state index in [-0.39, 0.29) is 14.9 Å². The van der Waals surface area contributed by atoms with E-state index in [9.17, 15) is 9.00 Å². The summed E-state index contributed by atoms with van der Waals surface area (Å²) >= 11 is 5.66. The Balaban J connectivity index is 2.40. The molecule has 1 atom stereocenters. The molecule has 0 radical (unpaired) electrons. The first-order valence-electron chi connectivity index (χ1n) is 5.54. The topological polar surface area (TPSA) is 80.1 Å². The van der Waals surface area contributed by atoms with Crippen LogP contribution in [-0.2, 0) is 14.5 Å². The summed E-state index contributed by atoms with van der Waals surface area (Å²) in [7, 11) is -1.90. The Morgan fingerprint density at radius 3 is 2.30 bits per heavy atom. The predicted molar refractivity (Wildman–Crippen MR) is 74.4 cm³/mol. The number of hydrogen-bond donors (Lipinski definition) is 1. The summed E-state index contributed by atoms with van der Waals surface area (Å²) < 4.78 is 25.1. The SMILES string of the molecule is COC(=O)c1ccc(S(=N)(=O)c2ccc(Cl)nc2)cc1. The van der Waals surface area contributed by atoms with Crippen molar-refractivity contribution in [2.24, 2.45) is 0 Å². The third-order valence-corrected chi connectivity index (χ3v) is 4.70. The van der Waals surface area contributed by atoms with Crippen LogP contribution in [0.25, 0.3) is 0 Å². The van der Waals surface area contributed by atoms with Crippen molar-refractivity contribution < 1.29 is 13.7 Å². The molecule has 0 saturated carbocycles. The maximum atomic E-state index is 12.5. The van der Waals surface area contributed by atoms with E-state index < -0.39 is 15.7 Å². The normalized spacial score (nSPS) is 13.5. The second-order valence-electron chi connectivity index (χ2n) is 3.89. The molecule has 1 aromatic carbocycles. The van der Waals surface area contributed by atoms with Crippen molar-refractivity contribution in [3.63, 3.8) is 0 Å². The van der Waals surface area contributed by atoms with E-state index in [1.165, 1.54) is 49.7 Å². The van der Waals surface area contributed by atoms with Gasteiger partial charge in [0.05, 0.1) is 22.5 Å². The Bertz CT molecular complexity index is 725. The lowest BCUT2D eigenvalue weighted by Crippen LogP contribution is -2.04. The number of carbonyl (C=O) groups is 1. The van der Waals surface area contributed by atoms with E-state index >= 15 is 0 Å². The van der Waals surface area contributed by atoms with Crippen LogP contribution >= 0.6 is 11.6 Å². The van der Waals surface area contributed by atoms with Gasteiger partial charge in [0, 0.05) is 6.20 Å². The third-order valence-electron chi connectivity index (χ3n) is 2.64. The number of benzene rings is 1. The minimum absolute atomic E-state index is 0.257. The lowest BCUT2D eigenvalue weighted by Gasteiger charge is -2.08. The molecule has 104 valence electrons. The van der Waals surface area contributed by atoms with Crippen LogP contribution in [0.15, 0.2) is 52.4 Å². The van der Waals surface area contributed by atoms with Gasteiger partial charge in [0.15, 0.2) is 0 Å². The Morgan fingerprint density at radius 2 is 1.80 bits per heavy atom. The van der Waals surface area contributed by atoms with Crippen LogP contribution in [0.3, 0.4) is 0 Å². The molecule has 0 aliphatic heterocycles. The summed E-state index contributed by atoms with van der Waals surface area (Å²) in [5.74, 6) is -0.485. The van der Waals surface area contributed by atoms with Crippen LogP contribution in [0, 0.1) is 4.78 Å². The monoisotopic (exact) mass is 310 g/mol. The fourth-order valence-electron chi connectivity index (χ4n) is 1.57. The van der Waals surface area contributed by atoms with Gasteiger partial charge in [0.25, 0.3) is 0 Å². The smallest absolute Gasteiger partial charge is 0.337 e. The number of hydrogen-bond acceptors (Lipinski definition) is 5. The minimum Gasteiger partial charge on any atom is -0.465 e. The molecule has 0 amide bonds. The molecule has 1 unspecified atom stereocenters. The number of methoxy groups -OCH3 is 1. The fourth-order valence-corrected chi connectivity index (χ4v) is 2.93. The summed E-state index contributed by atoms with van der Waals surface area (Å²) in [5.41, 5.74) is 0.334. The van der Waals surface area contributed by atoms with E-state index in [4.69, 9.17) is 16.4 Å². The van der Waals surface area contributed by atoms with Gasteiger partial charge in [-0.15, -0.1) is 0 Å². The van der Waals surface area contributed by atoms with E-state index in [2.05, 4.69) is 9.72 Å². The van der Waals surface area contributed by atoms with Crippen molar-refractivity contribution >= 4 is 27.3 Å². The molecule has 2 aromatic rings. The predicted octanol–water partition coefficient (Wildman–Crippen LogP) is 2.99. The van der Waals surface area contributed by atoms with Crippen LogP contribution in [-0.4, -0.2) is 22.3 Å². The van der Waals surface area contributed by atoms with E-state index in [1.54, 1.807) is 0 Å². The molecule has 0 aliphatic rings. The molecule has 5 nitrogen and oxygen atoms in total. The number of esters is 1. The molecule has 0 aliphatic carbocycles. The van der Waals surface area contributed by atoms with Crippen LogP contribution in [0.5, 0.6) is 0 Å². The van der Waals surface area contributed by atoms with Gasteiger partial charge >= 0.3 is 5.97 Å². The number of pyridine rings is 1. The lowest BCUT2D eigenvalue weighted by atomic mass is 10.2. The Morgan fingerprint density at radius 1 is 1.20 bits per heavy atom. The van der Waals surface area contributed by atoms with Crippen molar-refractivity contribution in [1.29, 1.82) is 4.78 Å². The molecule has 0 spiro atoms. The Labute approximate surface area is 121 Å². The number of rotatable bonds is 3. The molecule has 0 bridgehead atoms. The van der Waals surface area contributed by atoms with E-state index in [0.29, 0.717) is 5.56 Å². The maximum absolute atomic E-state index is 12.5. The van der Waals surface area contributed by atoms with Gasteiger partial charge in [-0.25, -0.2) is 18.8 Å². The molecule has 1 heterocycles. The van der Waals surface area contributed by atoms with Gasteiger partial charge in [-0.1, -0.05) is 11.6 Å². The first kappa shape index (κ1) is 14.5. The quantitative estimate of drug-likeness (QED) is 0.698. The largest absolute Gasteiger partial charge is 0.465 e. The van der Waals surface area contributed by atoms with Crippen LogP contribution in [0.2, 0.25) is 5.15 Å². The Hall–Kier alpha value is -1.92. The zero-order chi connectivity index (χ0) is 14.8. The summed E-state index contributed by atoms with van der Waals surface area (Å²) in [5, 5.41) is 0.269. The zero-order valence-electron chi connectivity index (χ0n) is 10.5. The molecular weight excluding hydrogens is 300 g/mol. The average molecular weight is 311 g/mol. The number of ether oxygens (including phenoxy) is 1. The highest BCUT2D eigenvalue weighted by molar-refractivity contribution is 7.92. The van der Waals surface area contributed by atoms with Gasteiger partial charge in [0.2, 0.25) is 0 Å². The van der Waals surface area contributed by atoms with E-state index in [0.717, 1.165) is 0 Å². The van der Waals surface area contributed by atoms with Crippen molar-refractivity contribution in [3.8, 4) is 0 Å². The average Bonchev–Trinajstić information content (AvgIpc) is 2.47. The highest BCUT2D eigenvalue weighted by Crippen LogP contribution is 2.22. The Kier molecular flexibility index (Phi) is 4.06. The molecule has 20 heavy (non-hydrogen) atoms. The minimum atomic E-state index is -3.18. The van der Waals surface area contributed by atoms with Gasteiger partial charge < -0.3 is 4.74 Å². The summed E-state index contributed by atoms with van der Waals surface area (Å²) in [4.78, 5) is 15.7. The van der Waals surface area contributed by atoms with Gasteiger partial charge in [-0.2, -0.15) is 0 Å². The molecule has 1 N–H and O–H groups in total. The van der Waals surface area contributed by atoms with Crippen molar-refractivity contribution in [2.75, 3.05) is 7.11 Å². The summed E-state index contributed by atoms with van der Waals surface area (Å²) in [6, 6.07) is 8.86. The van der Waals surface area contributed by atoms with Crippen LogP contribution < -0.4 is 0 Å². The molecule has 0 fully saturated rings. The number of carbonyl (C=O) groups excluding carboxylic acids is 1. The van der Waals surface area contributed by atoms with Crippen molar-refractivity contribution in [3.05, 3.63) is 53.3 Å². The van der Waals surface area contributed by atoms with Crippen molar-refractivity contribution in [1.82, 2.24) is 4.98 Å². The molecule has 0 saturated heterocycles. The van der Waals surface area contributed by atoms with Gasteiger partial charge in [-0.05, 0) is 36.4 Å². The van der Waals surface area contributed by atoms with Gasteiger partial charge in [0.1, 0.15) is 14.9 Å². The third kappa shape index (κ3) is 2.81. The molecule has 1 aromatic heterocycles. The zero-order valence-corrected chi connectivity index (χ0v) is 12.1. The molecule has 2 rings (SSSR count). The number of halogens is 1. The highest BCUT2D eigenvalue weighted by Gasteiger charge is 2.15. The molecular formula is C13H11ClN2O3S. The second-order valence-corrected chi connectivity index (χ2v) is 6.33.